The summed E-state index contributed by atoms with van der Waals surface area (Å²) >= 11 is 0. The normalized spacial score (nSPS) is 32.9. The highest BCUT2D eigenvalue weighted by Gasteiger charge is 2.43. The highest BCUT2D eigenvalue weighted by atomic mass is 32.2. The van der Waals surface area contributed by atoms with E-state index in [0.717, 1.165) is 39.0 Å². The Bertz CT molecular complexity index is 320. The molecule has 2 saturated heterocycles. The Morgan fingerprint density at radius 2 is 2.20 bits per heavy atom. The smallest absolute Gasteiger partial charge is 0.214 e. The molecule has 0 saturated carbocycles. The second-order valence-electron chi connectivity index (χ2n) is 4.83. The molecule has 2 rings (SSSR count). The van der Waals surface area contributed by atoms with Crippen molar-refractivity contribution < 1.29 is 8.42 Å². The predicted molar refractivity (Wildman–Crippen MR) is 60.2 cm³/mol. The molecule has 0 radical (unpaired) electrons. The predicted octanol–water partition coefficient (Wildman–Crippen LogP) is 0.412. The summed E-state index contributed by atoms with van der Waals surface area (Å²) in [7, 11) is -2.97. The van der Waals surface area contributed by atoms with Gasteiger partial charge in [-0.1, -0.05) is 6.92 Å². The van der Waals surface area contributed by atoms with Crippen LogP contribution in [0.25, 0.3) is 0 Å². The summed E-state index contributed by atoms with van der Waals surface area (Å²) in [6, 6.07) is 0. The average molecular weight is 232 g/mol. The number of nitrogens with one attached hydrogen (secondary N) is 1. The Hall–Kier alpha value is -0.130. The van der Waals surface area contributed by atoms with Gasteiger partial charge in [-0.3, -0.25) is 0 Å². The monoisotopic (exact) mass is 232 g/mol. The molecular weight excluding hydrogens is 212 g/mol. The Balaban J connectivity index is 2.03. The SMILES string of the molecule is CCCS(=O)(=O)N1CCC2(CCNC2)C1. The van der Waals surface area contributed by atoms with Crippen LogP contribution in [0.3, 0.4) is 0 Å². The lowest BCUT2D eigenvalue weighted by Crippen LogP contribution is -2.34. The maximum atomic E-state index is 11.9. The van der Waals surface area contributed by atoms with E-state index in [1.807, 2.05) is 6.92 Å². The Morgan fingerprint density at radius 3 is 2.80 bits per heavy atom. The zero-order valence-corrected chi connectivity index (χ0v) is 10.1. The highest BCUT2D eigenvalue weighted by Crippen LogP contribution is 2.37. The Kier molecular flexibility index (Phi) is 3.05. The molecule has 0 aliphatic carbocycles. The quantitative estimate of drug-likeness (QED) is 0.767. The van der Waals surface area contributed by atoms with Crippen LogP contribution >= 0.6 is 0 Å². The standard InChI is InChI=1S/C10H20N2O2S/c1-2-7-15(13,14)12-6-4-10(9-12)3-5-11-8-10/h11H,2-9H2,1H3. The van der Waals surface area contributed by atoms with Crippen molar-refractivity contribution in [1.82, 2.24) is 9.62 Å². The molecule has 1 atom stereocenters. The first kappa shape index (κ1) is 11.4. The summed E-state index contributed by atoms with van der Waals surface area (Å²) in [6.45, 7) is 5.42. The zero-order chi connectivity index (χ0) is 10.9. The van der Waals surface area contributed by atoms with E-state index in [1.54, 1.807) is 4.31 Å². The van der Waals surface area contributed by atoms with Crippen LogP contribution in [0.1, 0.15) is 26.2 Å². The summed E-state index contributed by atoms with van der Waals surface area (Å²) in [5.74, 6) is 0.302. The topological polar surface area (TPSA) is 49.4 Å². The van der Waals surface area contributed by atoms with Gasteiger partial charge in [-0.05, 0) is 31.2 Å². The minimum absolute atomic E-state index is 0.251. The van der Waals surface area contributed by atoms with E-state index < -0.39 is 10.0 Å². The van der Waals surface area contributed by atoms with E-state index in [4.69, 9.17) is 0 Å². The van der Waals surface area contributed by atoms with Crippen LogP contribution < -0.4 is 5.32 Å². The third-order valence-corrected chi connectivity index (χ3v) is 5.61. The van der Waals surface area contributed by atoms with Crippen molar-refractivity contribution in [3.05, 3.63) is 0 Å². The van der Waals surface area contributed by atoms with Crippen LogP contribution in [0.2, 0.25) is 0 Å². The van der Waals surface area contributed by atoms with Crippen LogP contribution in [-0.2, 0) is 10.0 Å². The van der Waals surface area contributed by atoms with E-state index in [1.165, 1.54) is 0 Å². The van der Waals surface area contributed by atoms with E-state index in [-0.39, 0.29) is 5.41 Å². The van der Waals surface area contributed by atoms with Gasteiger partial charge in [-0.15, -0.1) is 0 Å². The van der Waals surface area contributed by atoms with Gasteiger partial charge in [0.15, 0.2) is 0 Å². The van der Waals surface area contributed by atoms with Crippen LogP contribution in [0, 0.1) is 5.41 Å². The Labute approximate surface area is 92.1 Å². The molecule has 0 bridgehead atoms. The minimum Gasteiger partial charge on any atom is -0.316 e. The van der Waals surface area contributed by atoms with Crippen molar-refractivity contribution in [3.63, 3.8) is 0 Å². The summed E-state index contributed by atoms with van der Waals surface area (Å²) in [5.41, 5.74) is 0.251. The number of hydrogen-bond acceptors (Lipinski definition) is 3. The van der Waals surface area contributed by atoms with Gasteiger partial charge in [0.05, 0.1) is 5.75 Å². The fraction of sp³-hybridized carbons (Fsp3) is 1.00. The number of hydrogen-bond donors (Lipinski definition) is 1. The van der Waals surface area contributed by atoms with Gasteiger partial charge >= 0.3 is 0 Å². The van der Waals surface area contributed by atoms with E-state index >= 15 is 0 Å². The second kappa shape index (κ2) is 4.03. The van der Waals surface area contributed by atoms with Gasteiger partial charge in [0.25, 0.3) is 0 Å². The van der Waals surface area contributed by atoms with Gasteiger partial charge in [0, 0.05) is 19.6 Å². The van der Waals surface area contributed by atoms with Crippen molar-refractivity contribution in [3.8, 4) is 0 Å². The third-order valence-electron chi connectivity index (χ3n) is 3.59. The maximum absolute atomic E-state index is 11.9. The number of rotatable bonds is 3. The summed E-state index contributed by atoms with van der Waals surface area (Å²) in [6.07, 6.45) is 2.87. The lowest BCUT2D eigenvalue weighted by atomic mass is 9.87. The van der Waals surface area contributed by atoms with Crippen molar-refractivity contribution >= 4 is 10.0 Å². The maximum Gasteiger partial charge on any atom is 0.214 e. The van der Waals surface area contributed by atoms with Crippen molar-refractivity contribution in [2.24, 2.45) is 5.41 Å². The molecule has 0 aromatic rings. The van der Waals surface area contributed by atoms with E-state index in [9.17, 15) is 8.42 Å². The molecule has 88 valence electrons. The molecule has 2 fully saturated rings. The molecule has 4 nitrogen and oxygen atoms in total. The highest BCUT2D eigenvalue weighted by molar-refractivity contribution is 7.89. The molecule has 2 aliphatic heterocycles. The van der Waals surface area contributed by atoms with Gasteiger partial charge < -0.3 is 5.32 Å². The summed E-state index contributed by atoms with van der Waals surface area (Å²) in [4.78, 5) is 0. The van der Waals surface area contributed by atoms with Crippen molar-refractivity contribution in [1.29, 1.82) is 0 Å². The minimum atomic E-state index is -2.97. The molecule has 0 aromatic heterocycles. The fourth-order valence-electron chi connectivity index (χ4n) is 2.66. The first-order valence-electron chi connectivity index (χ1n) is 5.77. The molecule has 0 aromatic carbocycles. The fourth-order valence-corrected chi connectivity index (χ4v) is 4.28. The zero-order valence-electron chi connectivity index (χ0n) is 9.33. The van der Waals surface area contributed by atoms with Crippen LogP contribution in [0.5, 0.6) is 0 Å². The number of sulfonamides is 1. The average Bonchev–Trinajstić information content (AvgIpc) is 2.77. The molecule has 2 heterocycles. The first-order chi connectivity index (χ1) is 7.08. The third kappa shape index (κ3) is 2.19. The van der Waals surface area contributed by atoms with Crippen molar-refractivity contribution in [2.45, 2.75) is 26.2 Å². The van der Waals surface area contributed by atoms with Gasteiger partial charge in [-0.2, -0.15) is 0 Å². The molecule has 1 spiro atoms. The van der Waals surface area contributed by atoms with Crippen LogP contribution in [0.4, 0.5) is 0 Å². The molecule has 0 amide bonds. The van der Waals surface area contributed by atoms with Gasteiger partial charge in [0.2, 0.25) is 10.0 Å². The van der Waals surface area contributed by atoms with Crippen LogP contribution in [-0.4, -0.2) is 44.7 Å². The molecule has 1 unspecified atom stereocenters. The van der Waals surface area contributed by atoms with Crippen molar-refractivity contribution in [2.75, 3.05) is 31.9 Å². The molecule has 2 aliphatic rings. The molecular formula is C10H20N2O2S. The first-order valence-corrected chi connectivity index (χ1v) is 7.37. The van der Waals surface area contributed by atoms with Gasteiger partial charge in [0.1, 0.15) is 0 Å². The lowest BCUT2D eigenvalue weighted by molar-refractivity contribution is 0.338. The Morgan fingerprint density at radius 1 is 1.40 bits per heavy atom. The van der Waals surface area contributed by atoms with Gasteiger partial charge in [-0.25, -0.2) is 12.7 Å². The summed E-state index contributed by atoms with van der Waals surface area (Å²) < 4.78 is 25.5. The van der Waals surface area contributed by atoms with Crippen LogP contribution in [0.15, 0.2) is 0 Å². The second-order valence-corrected chi connectivity index (χ2v) is 6.91. The molecule has 1 N–H and O–H groups in total. The summed E-state index contributed by atoms with van der Waals surface area (Å²) in [5, 5.41) is 3.34. The molecule has 15 heavy (non-hydrogen) atoms. The largest absolute Gasteiger partial charge is 0.316 e. The lowest BCUT2D eigenvalue weighted by Gasteiger charge is -2.22. The molecule has 5 heteroatoms. The van der Waals surface area contributed by atoms with E-state index in [0.29, 0.717) is 12.2 Å². The van der Waals surface area contributed by atoms with E-state index in [2.05, 4.69) is 5.32 Å². The number of nitrogens with zero attached hydrogens (tertiary/aromatic N) is 1.